The summed E-state index contributed by atoms with van der Waals surface area (Å²) in [5, 5.41) is 5.25. The maximum Gasteiger partial charge on any atom is 0.316 e. The van der Waals surface area contributed by atoms with Crippen molar-refractivity contribution in [2.75, 3.05) is 35.3 Å². The topological polar surface area (TPSA) is 123 Å². The zero-order chi connectivity index (χ0) is 20.4. The molecule has 0 radical (unpaired) electrons. The van der Waals surface area contributed by atoms with Gasteiger partial charge in [-0.25, -0.2) is 4.79 Å². The number of fused-ring (bicyclic) bond motifs is 1. The lowest BCUT2D eigenvalue weighted by Gasteiger charge is -2.22. The highest BCUT2D eigenvalue weighted by Gasteiger charge is 2.35. The predicted molar refractivity (Wildman–Crippen MR) is 106 cm³/mol. The van der Waals surface area contributed by atoms with E-state index in [1.165, 1.54) is 0 Å². The van der Waals surface area contributed by atoms with Gasteiger partial charge in [0.2, 0.25) is 11.8 Å². The van der Waals surface area contributed by atoms with Crippen molar-refractivity contribution in [2.24, 2.45) is 11.7 Å². The number of amides is 4. The van der Waals surface area contributed by atoms with Crippen LogP contribution in [0.25, 0.3) is 0 Å². The average molecular weight is 396 g/mol. The minimum Gasteiger partial charge on any atom is -0.486 e. The molecule has 0 saturated carbocycles. The molecule has 2 aliphatic rings. The third-order valence-corrected chi connectivity index (χ3v) is 4.75. The lowest BCUT2D eigenvalue weighted by Crippen LogP contribution is -2.28. The van der Waals surface area contributed by atoms with E-state index in [4.69, 9.17) is 15.2 Å². The van der Waals surface area contributed by atoms with Crippen molar-refractivity contribution < 1.29 is 23.9 Å². The molecule has 150 valence electrons. The minimum absolute atomic E-state index is 0.122. The van der Waals surface area contributed by atoms with Crippen molar-refractivity contribution in [3.05, 3.63) is 42.5 Å². The Bertz CT molecular complexity index is 960. The summed E-state index contributed by atoms with van der Waals surface area (Å²) >= 11 is 0. The van der Waals surface area contributed by atoms with Gasteiger partial charge in [0.15, 0.2) is 11.5 Å². The molecule has 9 heteroatoms. The summed E-state index contributed by atoms with van der Waals surface area (Å²) in [6.07, 6.45) is 0.127. The van der Waals surface area contributed by atoms with Crippen LogP contribution in [-0.2, 0) is 9.59 Å². The van der Waals surface area contributed by atoms with E-state index in [2.05, 4.69) is 10.6 Å². The van der Waals surface area contributed by atoms with Crippen LogP contribution in [0.2, 0.25) is 0 Å². The van der Waals surface area contributed by atoms with Gasteiger partial charge in [0, 0.05) is 36.1 Å². The number of urea groups is 1. The largest absolute Gasteiger partial charge is 0.486 e. The van der Waals surface area contributed by atoms with E-state index in [0.29, 0.717) is 41.8 Å². The van der Waals surface area contributed by atoms with Gasteiger partial charge in [-0.2, -0.15) is 0 Å². The molecule has 2 aromatic rings. The van der Waals surface area contributed by atoms with Gasteiger partial charge >= 0.3 is 6.03 Å². The number of nitrogens with zero attached hydrogens (tertiary/aromatic N) is 1. The highest BCUT2D eigenvalue weighted by Crippen LogP contribution is 2.36. The number of anilines is 3. The van der Waals surface area contributed by atoms with Crippen LogP contribution < -0.4 is 30.7 Å². The van der Waals surface area contributed by atoms with Crippen molar-refractivity contribution in [1.29, 1.82) is 0 Å². The average Bonchev–Trinajstić information content (AvgIpc) is 3.10. The molecular weight excluding hydrogens is 376 g/mol. The second-order valence-electron chi connectivity index (χ2n) is 6.79. The Morgan fingerprint density at radius 3 is 2.31 bits per heavy atom. The molecule has 29 heavy (non-hydrogen) atoms. The molecule has 0 aliphatic carbocycles. The standard InChI is InChI=1S/C20H20N4O5/c21-20(27)23-14-3-1-13(2-4-14)22-19(26)12-9-18(25)24(11-12)15-5-6-16-17(10-15)29-8-7-28-16/h1-6,10,12H,7-9,11H2,(H,22,26)(H3,21,23,27). The number of primary amides is 1. The Labute approximate surface area is 166 Å². The summed E-state index contributed by atoms with van der Waals surface area (Å²) in [5.41, 5.74) is 6.83. The Morgan fingerprint density at radius 1 is 0.966 bits per heavy atom. The minimum atomic E-state index is -0.662. The predicted octanol–water partition coefficient (Wildman–Crippen LogP) is 1.94. The van der Waals surface area contributed by atoms with Gasteiger partial charge in [0.1, 0.15) is 13.2 Å². The van der Waals surface area contributed by atoms with Crippen LogP contribution in [0.4, 0.5) is 21.9 Å². The van der Waals surface area contributed by atoms with Crippen molar-refractivity contribution in [3.8, 4) is 11.5 Å². The molecule has 1 fully saturated rings. The third-order valence-electron chi connectivity index (χ3n) is 4.75. The first-order valence-corrected chi connectivity index (χ1v) is 9.17. The second-order valence-corrected chi connectivity index (χ2v) is 6.79. The van der Waals surface area contributed by atoms with Crippen LogP contribution >= 0.6 is 0 Å². The molecule has 2 heterocycles. The number of hydrogen-bond donors (Lipinski definition) is 3. The highest BCUT2D eigenvalue weighted by atomic mass is 16.6. The summed E-state index contributed by atoms with van der Waals surface area (Å²) in [6.45, 7) is 1.24. The van der Waals surface area contributed by atoms with E-state index in [0.717, 1.165) is 0 Å². The highest BCUT2D eigenvalue weighted by molar-refractivity contribution is 6.03. The number of carbonyl (C=O) groups excluding carboxylic acids is 3. The van der Waals surface area contributed by atoms with Crippen LogP contribution in [0.15, 0.2) is 42.5 Å². The number of rotatable bonds is 4. The number of carbonyl (C=O) groups is 3. The first kappa shape index (κ1) is 18.6. The van der Waals surface area contributed by atoms with Gasteiger partial charge in [-0.1, -0.05) is 0 Å². The Morgan fingerprint density at radius 2 is 1.62 bits per heavy atom. The van der Waals surface area contributed by atoms with E-state index >= 15 is 0 Å². The maximum atomic E-state index is 12.6. The van der Waals surface area contributed by atoms with E-state index in [9.17, 15) is 14.4 Å². The van der Waals surface area contributed by atoms with E-state index < -0.39 is 11.9 Å². The molecule has 4 amide bonds. The molecule has 4 rings (SSSR count). The van der Waals surface area contributed by atoms with Gasteiger partial charge in [-0.05, 0) is 36.4 Å². The molecular formula is C20H20N4O5. The fourth-order valence-corrected chi connectivity index (χ4v) is 3.36. The van der Waals surface area contributed by atoms with Crippen molar-refractivity contribution in [2.45, 2.75) is 6.42 Å². The monoisotopic (exact) mass is 396 g/mol. The molecule has 4 N–H and O–H groups in total. The molecule has 0 spiro atoms. The van der Waals surface area contributed by atoms with Crippen LogP contribution in [-0.4, -0.2) is 37.6 Å². The van der Waals surface area contributed by atoms with Crippen LogP contribution in [0.3, 0.4) is 0 Å². The van der Waals surface area contributed by atoms with Gasteiger partial charge in [0.05, 0.1) is 5.92 Å². The Hall–Kier alpha value is -3.75. The van der Waals surface area contributed by atoms with Crippen molar-refractivity contribution in [1.82, 2.24) is 0 Å². The van der Waals surface area contributed by atoms with E-state index in [1.54, 1.807) is 47.4 Å². The number of ether oxygens (including phenoxy) is 2. The second kappa shape index (κ2) is 7.70. The molecule has 9 nitrogen and oxygen atoms in total. The summed E-state index contributed by atoms with van der Waals surface area (Å²) < 4.78 is 11.1. The van der Waals surface area contributed by atoms with Crippen molar-refractivity contribution in [3.63, 3.8) is 0 Å². The SMILES string of the molecule is NC(=O)Nc1ccc(NC(=O)C2CC(=O)N(c3ccc4c(c3)OCCO4)C2)cc1. The normalized spacial score (nSPS) is 17.7. The lowest BCUT2D eigenvalue weighted by molar-refractivity contribution is -0.122. The Balaban J connectivity index is 1.41. The van der Waals surface area contributed by atoms with Gasteiger partial charge < -0.3 is 30.7 Å². The third kappa shape index (κ3) is 4.08. The zero-order valence-electron chi connectivity index (χ0n) is 15.5. The fourth-order valence-electron chi connectivity index (χ4n) is 3.36. The quantitative estimate of drug-likeness (QED) is 0.729. The Kier molecular flexibility index (Phi) is 4.94. The summed E-state index contributed by atoms with van der Waals surface area (Å²) in [5.74, 6) is 0.408. The van der Waals surface area contributed by atoms with Crippen LogP contribution in [0, 0.1) is 5.92 Å². The summed E-state index contributed by atoms with van der Waals surface area (Å²) in [4.78, 5) is 37.5. The van der Waals surface area contributed by atoms with E-state index in [-0.39, 0.29) is 24.8 Å². The van der Waals surface area contributed by atoms with E-state index in [1.807, 2.05) is 0 Å². The molecule has 2 aromatic carbocycles. The number of nitrogens with one attached hydrogen (secondary N) is 2. The molecule has 1 saturated heterocycles. The van der Waals surface area contributed by atoms with Crippen LogP contribution in [0.5, 0.6) is 11.5 Å². The van der Waals surface area contributed by atoms with Gasteiger partial charge in [0.25, 0.3) is 0 Å². The van der Waals surface area contributed by atoms with Gasteiger partial charge in [-0.3, -0.25) is 9.59 Å². The molecule has 1 atom stereocenters. The molecule has 2 aliphatic heterocycles. The summed E-state index contributed by atoms with van der Waals surface area (Å²) in [6, 6.07) is 11.2. The first-order valence-electron chi connectivity index (χ1n) is 9.17. The molecule has 1 unspecified atom stereocenters. The lowest BCUT2D eigenvalue weighted by atomic mass is 10.1. The number of benzene rings is 2. The maximum absolute atomic E-state index is 12.6. The smallest absolute Gasteiger partial charge is 0.316 e. The van der Waals surface area contributed by atoms with Crippen LogP contribution in [0.1, 0.15) is 6.42 Å². The number of nitrogens with two attached hydrogens (primary N) is 1. The first-order chi connectivity index (χ1) is 14.0. The fraction of sp³-hybridized carbons (Fsp3) is 0.250. The summed E-state index contributed by atoms with van der Waals surface area (Å²) in [7, 11) is 0. The van der Waals surface area contributed by atoms with Gasteiger partial charge in [-0.15, -0.1) is 0 Å². The van der Waals surface area contributed by atoms with Crippen molar-refractivity contribution >= 4 is 34.9 Å². The number of hydrogen-bond acceptors (Lipinski definition) is 5. The molecule has 0 bridgehead atoms. The molecule has 0 aromatic heterocycles. The zero-order valence-corrected chi connectivity index (χ0v) is 15.5.